The summed E-state index contributed by atoms with van der Waals surface area (Å²) in [5.41, 5.74) is 3.65. The first-order chi connectivity index (χ1) is 13.8. The molecular formula is C23H16N2O3. The van der Waals surface area contributed by atoms with Gasteiger partial charge in [0.05, 0.1) is 16.8 Å². The largest absolute Gasteiger partial charge is 0.454 e. The molecule has 0 spiro atoms. The molecule has 1 aliphatic rings. The van der Waals surface area contributed by atoms with Gasteiger partial charge in [-0.05, 0) is 42.5 Å². The third-order valence-electron chi connectivity index (χ3n) is 4.66. The third-order valence-corrected chi connectivity index (χ3v) is 4.66. The molecule has 0 aliphatic carbocycles. The second-order valence-corrected chi connectivity index (χ2v) is 6.46. The standard InChI is InChI=1S/C23H16N2O3/c26-23(24-16-6-2-1-3-7-16)18-13-20(25-19-9-5-4-8-17(18)19)15-10-11-21-22(12-15)28-14-27-21/h1-13H,14H2,(H,24,26). The average molecular weight is 368 g/mol. The maximum absolute atomic E-state index is 13.0. The summed E-state index contributed by atoms with van der Waals surface area (Å²) < 4.78 is 10.9. The second kappa shape index (κ2) is 6.70. The minimum absolute atomic E-state index is 0.174. The Bertz CT molecular complexity index is 1190. The fourth-order valence-electron chi connectivity index (χ4n) is 3.29. The van der Waals surface area contributed by atoms with E-state index < -0.39 is 0 Å². The third kappa shape index (κ3) is 2.93. The lowest BCUT2D eigenvalue weighted by molar-refractivity contribution is 0.102. The van der Waals surface area contributed by atoms with Crippen LogP contribution >= 0.6 is 0 Å². The van der Waals surface area contributed by atoms with Gasteiger partial charge in [0.15, 0.2) is 11.5 Å². The van der Waals surface area contributed by atoms with Crippen molar-refractivity contribution in [2.24, 2.45) is 0 Å². The van der Waals surface area contributed by atoms with Crippen LogP contribution in [0.2, 0.25) is 0 Å². The van der Waals surface area contributed by atoms with Gasteiger partial charge in [-0.2, -0.15) is 0 Å². The van der Waals surface area contributed by atoms with Gasteiger partial charge in [0.25, 0.3) is 5.91 Å². The van der Waals surface area contributed by atoms with Crippen molar-refractivity contribution in [3.05, 3.63) is 84.4 Å². The minimum Gasteiger partial charge on any atom is -0.454 e. The summed E-state index contributed by atoms with van der Waals surface area (Å²) in [6.45, 7) is 0.217. The number of hydrogen-bond donors (Lipinski definition) is 1. The number of nitrogens with zero attached hydrogens (tertiary/aromatic N) is 1. The van der Waals surface area contributed by atoms with Crippen LogP contribution in [0.3, 0.4) is 0 Å². The molecule has 28 heavy (non-hydrogen) atoms. The van der Waals surface area contributed by atoms with E-state index in [0.717, 1.165) is 22.2 Å². The molecule has 5 rings (SSSR count). The lowest BCUT2D eigenvalue weighted by Gasteiger charge is -2.11. The Morgan fingerprint density at radius 3 is 2.54 bits per heavy atom. The van der Waals surface area contributed by atoms with Gasteiger partial charge in [0, 0.05) is 16.6 Å². The highest BCUT2D eigenvalue weighted by atomic mass is 16.7. The highest BCUT2D eigenvalue weighted by Gasteiger charge is 2.17. The SMILES string of the molecule is O=C(Nc1ccccc1)c1cc(-c2ccc3c(c2)OCO3)nc2ccccc12. The van der Waals surface area contributed by atoms with Crippen molar-refractivity contribution >= 4 is 22.5 Å². The zero-order valence-corrected chi connectivity index (χ0v) is 14.9. The Labute approximate surface area is 161 Å². The number of anilines is 1. The molecule has 2 heterocycles. The molecule has 0 radical (unpaired) electrons. The first-order valence-electron chi connectivity index (χ1n) is 8.94. The first kappa shape index (κ1) is 16.3. The summed E-state index contributed by atoms with van der Waals surface area (Å²) in [5.74, 6) is 1.22. The smallest absolute Gasteiger partial charge is 0.256 e. The van der Waals surface area contributed by atoms with Crippen molar-refractivity contribution < 1.29 is 14.3 Å². The van der Waals surface area contributed by atoms with Crippen LogP contribution in [0.1, 0.15) is 10.4 Å². The van der Waals surface area contributed by atoms with Gasteiger partial charge in [0.2, 0.25) is 6.79 Å². The van der Waals surface area contributed by atoms with Gasteiger partial charge in [0.1, 0.15) is 0 Å². The Balaban J connectivity index is 1.61. The lowest BCUT2D eigenvalue weighted by atomic mass is 10.0. The minimum atomic E-state index is -0.174. The molecule has 0 unspecified atom stereocenters. The van der Waals surface area contributed by atoms with Crippen LogP contribution in [0.15, 0.2) is 78.9 Å². The van der Waals surface area contributed by atoms with Crippen molar-refractivity contribution in [1.82, 2.24) is 4.98 Å². The molecule has 0 bridgehead atoms. The van der Waals surface area contributed by atoms with E-state index in [2.05, 4.69) is 5.32 Å². The van der Waals surface area contributed by atoms with Crippen LogP contribution in [0, 0.1) is 0 Å². The Hall–Kier alpha value is -3.86. The van der Waals surface area contributed by atoms with Crippen molar-refractivity contribution in [2.75, 3.05) is 12.1 Å². The maximum atomic E-state index is 13.0. The summed E-state index contributed by atoms with van der Waals surface area (Å²) in [6.07, 6.45) is 0. The number of para-hydroxylation sites is 2. The van der Waals surface area contributed by atoms with Crippen molar-refractivity contribution in [1.29, 1.82) is 0 Å². The molecule has 1 aromatic heterocycles. The molecular weight excluding hydrogens is 352 g/mol. The molecule has 1 aliphatic heterocycles. The average Bonchev–Trinajstić information content (AvgIpc) is 3.21. The van der Waals surface area contributed by atoms with Gasteiger partial charge < -0.3 is 14.8 Å². The predicted octanol–water partition coefficient (Wildman–Crippen LogP) is 4.88. The Morgan fingerprint density at radius 2 is 1.64 bits per heavy atom. The Morgan fingerprint density at radius 1 is 0.857 bits per heavy atom. The van der Waals surface area contributed by atoms with Crippen LogP contribution < -0.4 is 14.8 Å². The summed E-state index contributed by atoms with van der Waals surface area (Å²) in [4.78, 5) is 17.8. The molecule has 1 N–H and O–H groups in total. The van der Waals surface area contributed by atoms with Crippen LogP contribution in [0.4, 0.5) is 5.69 Å². The van der Waals surface area contributed by atoms with E-state index in [0.29, 0.717) is 22.8 Å². The molecule has 0 saturated heterocycles. The molecule has 0 fully saturated rings. The number of ether oxygens (including phenoxy) is 2. The van der Waals surface area contributed by atoms with Gasteiger partial charge in [-0.1, -0.05) is 36.4 Å². The second-order valence-electron chi connectivity index (χ2n) is 6.46. The number of pyridine rings is 1. The maximum Gasteiger partial charge on any atom is 0.256 e. The monoisotopic (exact) mass is 368 g/mol. The topological polar surface area (TPSA) is 60.5 Å². The number of fused-ring (bicyclic) bond motifs is 2. The summed E-state index contributed by atoms with van der Waals surface area (Å²) in [7, 11) is 0. The normalized spacial score (nSPS) is 12.1. The zero-order chi connectivity index (χ0) is 18.9. The Kier molecular flexibility index (Phi) is 3.91. The van der Waals surface area contributed by atoms with E-state index in [9.17, 15) is 4.79 Å². The number of carbonyl (C=O) groups excluding carboxylic acids is 1. The van der Waals surface area contributed by atoms with Crippen molar-refractivity contribution in [3.8, 4) is 22.8 Å². The van der Waals surface area contributed by atoms with Gasteiger partial charge in [-0.15, -0.1) is 0 Å². The molecule has 5 heteroatoms. The number of aromatic nitrogens is 1. The summed E-state index contributed by atoms with van der Waals surface area (Å²) >= 11 is 0. The highest BCUT2D eigenvalue weighted by molar-refractivity contribution is 6.13. The lowest BCUT2D eigenvalue weighted by Crippen LogP contribution is -2.13. The van der Waals surface area contributed by atoms with Crippen LogP contribution in [0.5, 0.6) is 11.5 Å². The molecule has 0 saturated carbocycles. The van der Waals surface area contributed by atoms with E-state index in [1.165, 1.54) is 0 Å². The number of carbonyl (C=O) groups is 1. The summed E-state index contributed by atoms with van der Waals surface area (Å²) in [5, 5.41) is 3.77. The predicted molar refractivity (Wildman–Crippen MR) is 108 cm³/mol. The first-order valence-corrected chi connectivity index (χ1v) is 8.94. The van der Waals surface area contributed by atoms with Crippen LogP contribution in [-0.4, -0.2) is 17.7 Å². The van der Waals surface area contributed by atoms with Crippen LogP contribution in [-0.2, 0) is 0 Å². The van der Waals surface area contributed by atoms with Gasteiger partial charge in [-0.3, -0.25) is 4.79 Å². The zero-order valence-electron chi connectivity index (χ0n) is 14.9. The highest BCUT2D eigenvalue weighted by Crippen LogP contribution is 2.36. The fourth-order valence-corrected chi connectivity index (χ4v) is 3.29. The van der Waals surface area contributed by atoms with Crippen LogP contribution in [0.25, 0.3) is 22.2 Å². The van der Waals surface area contributed by atoms with E-state index in [-0.39, 0.29) is 12.7 Å². The van der Waals surface area contributed by atoms with Gasteiger partial charge in [-0.25, -0.2) is 4.98 Å². The number of hydrogen-bond acceptors (Lipinski definition) is 4. The molecule has 4 aromatic rings. The van der Waals surface area contributed by atoms with Crippen molar-refractivity contribution in [3.63, 3.8) is 0 Å². The molecule has 1 amide bonds. The molecule has 5 nitrogen and oxygen atoms in total. The molecule has 136 valence electrons. The quantitative estimate of drug-likeness (QED) is 0.560. The fraction of sp³-hybridized carbons (Fsp3) is 0.0435. The summed E-state index contributed by atoms with van der Waals surface area (Å²) in [6, 6.07) is 24.5. The number of nitrogens with one attached hydrogen (secondary N) is 1. The van der Waals surface area contributed by atoms with Gasteiger partial charge >= 0.3 is 0 Å². The number of amides is 1. The number of benzene rings is 3. The molecule has 0 atom stereocenters. The van der Waals surface area contributed by atoms with Crippen molar-refractivity contribution in [2.45, 2.75) is 0 Å². The van der Waals surface area contributed by atoms with E-state index in [1.807, 2.05) is 78.9 Å². The van der Waals surface area contributed by atoms with E-state index in [4.69, 9.17) is 14.5 Å². The number of rotatable bonds is 3. The molecule has 3 aromatic carbocycles. The van der Waals surface area contributed by atoms with E-state index in [1.54, 1.807) is 0 Å². The van der Waals surface area contributed by atoms with E-state index >= 15 is 0 Å².